The number of aromatic amines is 2. The van der Waals surface area contributed by atoms with E-state index in [1.165, 1.54) is 39.4 Å². The fourth-order valence-electron chi connectivity index (χ4n) is 4.94. The van der Waals surface area contributed by atoms with Gasteiger partial charge in [0.1, 0.15) is 0 Å². The van der Waals surface area contributed by atoms with Gasteiger partial charge in [-0.15, -0.1) is 0 Å². The van der Waals surface area contributed by atoms with E-state index < -0.39 is 5.91 Å². The van der Waals surface area contributed by atoms with Crippen molar-refractivity contribution in [3.05, 3.63) is 101 Å². The SMILES string of the molecule is O=C(/C=C/c1ccc2c(c1)CC[C@H]2N(CCc1c[nH]c2ccccc12)Cc1ccc[nH]1)NO. The summed E-state index contributed by atoms with van der Waals surface area (Å²) in [4.78, 5) is 20.6. The number of fused-ring (bicyclic) bond motifs is 2. The van der Waals surface area contributed by atoms with Crippen LogP contribution in [0.5, 0.6) is 0 Å². The summed E-state index contributed by atoms with van der Waals surface area (Å²) >= 11 is 0. The Morgan fingerprint density at radius 2 is 2.06 bits per heavy atom. The molecule has 6 nitrogen and oxygen atoms in total. The summed E-state index contributed by atoms with van der Waals surface area (Å²) in [6, 6.07) is 19.4. The predicted molar refractivity (Wildman–Crippen MR) is 130 cm³/mol. The van der Waals surface area contributed by atoms with Crippen LogP contribution in [0.25, 0.3) is 17.0 Å². The van der Waals surface area contributed by atoms with Gasteiger partial charge in [-0.05, 0) is 65.8 Å². The fraction of sp³-hybridized carbons (Fsp3) is 0.222. The van der Waals surface area contributed by atoms with E-state index in [1.807, 2.05) is 12.3 Å². The Kier molecular flexibility index (Phi) is 6.11. The number of hydrogen-bond acceptors (Lipinski definition) is 3. The molecule has 2 heterocycles. The van der Waals surface area contributed by atoms with E-state index in [1.54, 1.807) is 11.6 Å². The number of rotatable bonds is 8. The first-order valence-corrected chi connectivity index (χ1v) is 11.4. The molecule has 4 N–H and O–H groups in total. The number of benzene rings is 2. The van der Waals surface area contributed by atoms with Gasteiger partial charge in [0, 0.05) is 54.2 Å². The minimum Gasteiger partial charge on any atom is -0.364 e. The molecule has 1 aliphatic carbocycles. The van der Waals surface area contributed by atoms with Crippen molar-refractivity contribution in [2.24, 2.45) is 0 Å². The lowest BCUT2D eigenvalue weighted by molar-refractivity contribution is -0.124. The van der Waals surface area contributed by atoms with E-state index in [4.69, 9.17) is 5.21 Å². The van der Waals surface area contributed by atoms with Crippen molar-refractivity contribution in [2.75, 3.05) is 6.54 Å². The van der Waals surface area contributed by atoms with Gasteiger partial charge < -0.3 is 9.97 Å². The van der Waals surface area contributed by atoms with Crippen LogP contribution in [0.1, 0.15) is 40.4 Å². The van der Waals surface area contributed by atoms with Crippen molar-refractivity contribution in [1.29, 1.82) is 0 Å². The van der Waals surface area contributed by atoms with E-state index in [-0.39, 0.29) is 0 Å². The Hall–Kier alpha value is -3.61. The zero-order valence-electron chi connectivity index (χ0n) is 18.4. The van der Waals surface area contributed by atoms with E-state index in [2.05, 4.69) is 69.6 Å². The largest absolute Gasteiger partial charge is 0.364 e. The first kappa shape index (κ1) is 21.2. The molecule has 2 aromatic heterocycles. The van der Waals surface area contributed by atoms with Gasteiger partial charge in [-0.1, -0.05) is 36.4 Å². The Morgan fingerprint density at radius 1 is 1.15 bits per heavy atom. The average molecular weight is 441 g/mol. The zero-order chi connectivity index (χ0) is 22.6. The van der Waals surface area contributed by atoms with Gasteiger partial charge in [0.25, 0.3) is 5.91 Å². The van der Waals surface area contributed by atoms with Crippen molar-refractivity contribution < 1.29 is 10.0 Å². The Balaban J connectivity index is 1.37. The molecule has 0 aliphatic heterocycles. The second-order valence-electron chi connectivity index (χ2n) is 8.60. The van der Waals surface area contributed by atoms with Gasteiger partial charge in [-0.2, -0.15) is 0 Å². The summed E-state index contributed by atoms with van der Waals surface area (Å²) in [6.45, 7) is 1.83. The summed E-state index contributed by atoms with van der Waals surface area (Å²) in [5.41, 5.74) is 9.04. The molecule has 4 aromatic rings. The van der Waals surface area contributed by atoms with Gasteiger partial charge in [-0.3, -0.25) is 14.9 Å². The lowest BCUT2D eigenvalue weighted by Crippen LogP contribution is -2.29. The van der Waals surface area contributed by atoms with E-state index in [9.17, 15) is 4.79 Å². The van der Waals surface area contributed by atoms with Crippen LogP contribution in [0.4, 0.5) is 0 Å². The van der Waals surface area contributed by atoms with E-state index in [0.717, 1.165) is 37.9 Å². The van der Waals surface area contributed by atoms with Crippen LogP contribution < -0.4 is 5.48 Å². The third-order valence-corrected chi connectivity index (χ3v) is 6.57. The van der Waals surface area contributed by atoms with Crippen LogP contribution in [0.2, 0.25) is 0 Å². The molecule has 168 valence electrons. The number of nitrogens with one attached hydrogen (secondary N) is 3. The quantitative estimate of drug-likeness (QED) is 0.181. The first-order chi connectivity index (χ1) is 16.2. The fourth-order valence-corrected chi connectivity index (χ4v) is 4.94. The van der Waals surface area contributed by atoms with Gasteiger partial charge in [-0.25, -0.2) is 5.48 Å². The lowest BCUT2D eigenvalue weighted by atomic mass is 10.0. The Morgan fingerprint density at radius 3 is 2.91 bits per heavy atom. The first-order valence-electron chi connectivity index (χ1n) is 11.4. The standard InChI is InChI=1S/C27H28N4O2/c32-27(30-33)12-8-19-7-10-24-20(16-19)9-11-26(24)31(18-22-4-3-14-28-22)15-13-21-17-29-25-6-2-1-5-23(21)25/h1-8,10,12,14,16-17,26,28-29,33H,9,11,13,15,18H2,(H,30,32)/b12-8+/t26-/m1/s1. The molecular weight excluding hydrogens is 412 g/mol. The minimum absolute atomic E-state index is 0.354. The number of hydrogen-bond donors (Lipinski definition) is 4. The summed E-state index contributed by atoms with van der Waals surface area (Å²) in [6.07, 6.45) is 10.3. The average Bonchev–Trinajstić information content (AvgIpc) is 3.60. The van der Waals surface area contributed by atoms with Crippen LogP contribution in [0, 0.1) is 0 Å². The summed E-state index contributed by atoms with van der Waals surface area (Å²) in [7, 11) is 0. The molecule has 1 aliphatic rings. The molecule has 2 aromatic carbocycles. The Bertz CT molecular complexity index is 1270. The van der Waals surface area contributed by atoms with Crippen LogP contribution in [0.15, 0.2) is 73.1 Å². The van der Waals surface area contributed by atoms with Crippen LogP contribution in [-0.2, 0) is 24.2 Å². The van der Waals surface area contributed by atoms with Crippen molar-refractivity contribution >= 4 is 22.9 Å². The summed E-state index contributed by atoms with van der Waals surface area (Å²) in [5.74, 6) is -0.525. The number of amides is 1. The van der Waals surface area contributed by atoms with Crippen LogP contribution >= 0.6 is 0 Å². The topological polar surface area (TPSA) is 84.2 Å². The van der Waals surface area contributed by atoms with Crippen LogP contribution in [0.3, 0.4) is 0 Å². The van der Waals surface area contributed by atoms with Gasteiger partial charge >= 0.3 is 0 Å². The van der Waals surface area contributed by atoms with Gasteiger partial charge in [0.2, 0.25) is 0 Å². The number of para-hydroxylation sites is 1. The highest BCUT2D eigenvalue weighted by atomic mass is 16.5. The summed E-state index contributed by atoms with van der Waals surface area (Å²) in [5, 5.41) is 9.98. The molecular formula is C27H28N4O2. The van der Waals surface area contributed by atoms with Crippen molar-refractivity contribution in [1.82, 2.24) is 20.3 Å². The van der Waals surface area contributed by atoms with Crippen molar-refractivity contribution in [2.45, 2.75) is 31.8 Å². The number of carbonyl (C=O) groups excluding carboxylic acids is 1. The highest BCUT2D eigenvalue weighted by Gasteiger charge is 2.28. The lowest BCUT2D eigenvalue weighted by Gasteiger charge is -2.29. The van der Waals surface area contributed by atoms with Crippen LogP contribution in [-0.4, -0.2) is 32.5 Å². The van der Waals surface area contributed by atoms with Crippen molar-refractivity contribution in [3.63, 3.8) is 0 Å². The third kappa shape index (κ3) is 4.62. The second kappa shape index (κ2) is 9.48. The number of aromatic nitrogens is 2. The number of aryl methyl sites for hydroxylation is 1. The highest BCUT2D eigenvalue weighted by molar-refractivity contribution is 5.90. The molecule has 33 heavy (non-hydrogen) atoms. The van der Waals surface area contributed by atoms with Gasteiger partial charge in [0.05, 0.1) is 0 Å². The number of nitrogens with zero attached hydrogens (tertiary/aromatic N) is 1. The molecule has 0 radical (unpaired) electrons. The maximum Gasteiger partial charge on any atom is 0.267 e. The molecule has 0 unspecified atom stereocenters. The maximum atomic E-state index is 11.3. The number of hydroxylamine groups is 1. The molecule has 0 fully saturated rings. The molecule has 0 bridgehead atoms. The maximum absolute atomic E-state index is 11.3. The predicted octanol–water partition coefficient (Wildman–Crippen LogP) is 4.75. The molecule has 1 atom stereocenters. The van der Waals surface area contributed by atoms with Gasteiger partial charge in [0.15, 0.2) is 0 Å². The monoisotopic (exact) mass is 440 g/mol. The summed E-state index contributed by atoms with van der Waals surface area (Å²) < 4.78 is 0. The third-order valence-electron chi connectivity index (χ3n) is 6.57. The number of carbonyl (C=O) groups is 1. The smallest absolute Gasteiger partial charge is 0.267 e. The molecule has 0 saturated heterocycles. The highest BCUT2D eigenvalue weighted by Crippen LogP contribution is 2.37. The second-order valence-corrected chi connectivity index (χ2v) is 8.60. The molecule has 0 spiro atoms. The molecule has 1 amide bonds. The van der Waals surface area contributed by atoms with E-state index >= 15 is 0 Å². The number of H-pyrrole nitrogens is 2. The minimum atomic E-state index is -0.525. The zero-order valence-corrected chi connectivity index (χ0v) is 18.4. The Labute approximate surface area is 192 Å². The van der Waals surface area contributed by atoms with E-state index in [0.29, 0.717) is 6.04 Å². The normalized spacial score (nSPS) is 15.5. The molecule has 0 saturated carbocycles. The van der Waals surface area contributed by atoms with Crippen molar-refractivity contribution in [3.8, 4) is 0 Å². The molecule has 5 rings (SSSR count). The molecule has 6 heteroatoms.